The molecule has 2 heterocycles. The average molecular weight is 471 g/mol. The second kappa shape index (κ2) is 10.7. The summed E-state index contributed by atoms with van der Waals surface area (Å²) in [6, 6.07) is 13.5. The number of carbonyl (C=O) groups is 3. The molecular formula is C24H27ClN4O4. The lowest BCUT2D eigenvalue weighted by Gasteiger charge is -2.34. The van der Waals surface area contributed by atoms with E-state index in [9.17, 15) is 14.4 Å². The van der Waals surface area contributed by atoms with Gasteiger partial charge in [-0.25, -0.2) is 0 Å². The third kappa shape index (κ3) is 5.83. The standard InChI is InChI=1S/C24H27ClN4O4/c25-18-6-2-4-8-21(18)33-16-15-28-11-13-29(14-12-28)22(30)10-9-20-24(32)26-19-7-3-1-5-17(19)23(31)27-20/h1-8,20H,9-16H2,(H,26,32)(H,27,31)/t20-/m0/s1. The van der Waals surface area contributed by atoms with Gasteiger partial charge in [0.1, 0.15) is 18.4 Å². The van der Waals surface area contributed by atoms with Gasteiger partial charge >= 0.3 is 0 Å². The zero-order valence-corrected chi connectivity index (χ0v) is 19.0. The first-order valence-corrected chi connectivity index (χ1v) is 11.5. The Morgan fingerprint density at radius 2 is 1.76 bits per heavy atom. The Kier molecular flexibility index (Phi) is 7.47. The molecule has 8 nitrogen and oxygen atoms in total. The molecule has 0 saturated carbocycles. The third-order valence-corrected chi connectivity index (χ3v) is 6.24. The van der Waals surface area contributed by atoms with E-state index in [1.165, 1.54) is 0 Å². The van der Waals surface area contributed by atoms with Crippen molar-refractivity contribution in [3.63, 3.8) is 0 Å². The van der Waals surface area contributed by atoms with Gasteiger partial charge in [-0.05, 0) is 30.7 Å². The Morgan fingerprint density at radius 3 is 2.55 bits per heavy atom. The number of ether oxygens (including phenoxy) is 1. The number of rotatable bonds is 7. The highest BCUT2D eigenvalue weighted by Crippen LogP contribution is 2.23. The fourth-order valence-corrected chi connectivity index (χ4v) is 4.20. The van der Waals surface area contributed by atoms with Gasteiger partial charge in [-0.1, -0.05) is 35.9 Å². The molecule has 9 heteroatoms. The number of piperazine rings is 1. The van der Waals surface area contributed by atoms with Crippen LogP contribution in [0.2, 0.25) is 5.02 Å². The van der Waals surface area contributed by atoms with Crippen LogP contribution in [0.15, 0.2) is 48.5 Å². The van der Waals surface area contributed by atoms with Gasteiger partial charge in [0.2, 0.25) is 11.8 Å². The largest absolute Gasteiger partial charge is 0.491 e. The number of nitrogens with one attached hydrogen (secondary N) is 2. The second-order valence-corrected chi connectivity index (χ2v) is 8.51. The van der Waals surface area contributed by atoms with Gasteiger partial charge in [0.05, 0.1) is 16.3 Å². The minimum Gasteiger partial charge on any atom is -0.491 e. The smallest absolute Gasteiger partial charge is 0.254 e. The second-order valence-electron chi connectivity index (χ2n) is 8.10. The molecule has 0 unspecified atom stereocenters. The van der Waals surface area contributed by atoms with Gasteiger partial charge in [-0.2, -0.15) is 0 Å². The van der Waals surface area contributed by atoms with E-state index in [0.717, 1.165) is 19.6 Å². The SMILES string of the molecule is O=C1N[C@@H](CCC(=O)N2CCN(CCOc3ccccc3Cl)CC2)C(=O)Nc2ccccc21. The van der Waals surface area contributed by atoms with E-state index in [0.29, 0.717) is 41.7 Å². The first-order chi connectivity index (χ1) is 16.0. The molecule has 2 aromatic rings. The van der Waals surface area contributed by atoms with Crippen LogP contribution in [0.3, 0.4) is 0 Å². The molecule has 2 aromatic carbocycles. The van der Waals surface area contributed by atoms with Crippen molar-refractivity contribution in [3.8, 4) is 5.75 Å². The minimum absolute atomic E-state index is 0.00854. The molecule has 1 fully saturated rings. The van der Waals surface area contributed by atoms with Gasteiger partial charge in [-0.3, -0.25) is 19.3 Å². The lowest BCUT2D eigenvalue weighted by atomic mass is 10.1. The van der Waals surface area contributed by atoms with Crippen molar-refractivity contribution < 1.29 is 19.1 Å². The number of amides is 3. The molecule has 0 aromatic heterocycles. The highest BCUT2D eigenvalue weighted by molar-refractivity contribution is 6.32. The lowest BCUT2D eigenvalue weighted by Crippen LogP contribution is -2.50. The molecule has 4 rings (SSSR count). The third-order valence-electron chi connectivity index (χ3n) is 5.92. The molecule has 0 spiro atoms. The van der Waals surface area contributed by atoms with Crippen molar-refractivity contribution in [3.05, 3.63) is 59.1 Å². The monoisotopic (exact) mass is 470 g/mol. The summed E-state index contributed by atoms with van der Waals surface area (Å²) < 4.78 is 5.75. The molecule has 174 valence electrons. The van der Waals surface area contributed by atoms with Crippen LogP contribution in [-0.4, -0.2) is 72.9 Å². The Labute approximate surface area is 197 Å². The minimum atomic E-state index is -0.739. The van der Waals surface area contributed by atoms with Crippen LogP contribution in [0, 0.1) is 0 Å². The Hall–Kier alpha value is -3.10. The Balaban J connectivity index is 1.19. The number of nitrogens with zero attached hydrogens (tertiary/aromatic N) is 2. The summed E-state index contributed by atoms with van der Waals surface area (Å²) in [5.41, 5.74) is 0.915. The molecule has 2 aliphatic rings. The van der Waals surface area contributed by atoms with Gasteiger partial charge in [0, 0.05) is 39.1 Å². The summed E-state index contributed by atoms with van der Waals surface area (Å²) in [6.45, 7) is 4.04. The van der Waals surface area contributed by atoms with E-state index in [1.807, 2.05) is 23.1 Å². The number of hydrogen-bond donors (Lipinski definition) is 2. The molecule has 2 N–H and O–H groups in total. The summed E-state index contributed by atoms with van der Waals surface area (Å²) in [5, 5.41) is 6.10. The van der Waals surface area contributed by atoms with Gasteiger partial charge < -0.3 is 20.3 Å². The zero-order chi connectivity index (χ0) is 23.2. The van der Waals surface area contributed by atoms with Gasteiger partial charge in [0.15, 0.2) is 0 Å². The number of para-hydroxylation sites is 2. The topological polar surface area (TPSA) is 91.0 Å². The van der Waals surface area contributed by atoms with E-state index in [1.54, 1.807) is 30.3 Å². The van der Waals surface area contributed by atoms with E-state index in [4.69, 9.17) is 16.3 Å². The summed E-state index contributed by atoms with van der Waals surface area (Å²) in [4.78, 5) is 41.7. The highest BCUT2D eigenvalue weighted by Gasteiger charge is 2.29. The van der Waals surface area contributed by atoms with Gasteiger partial charge in [0.25, 0.3) is 5.91 Å². The number of halogens is 1. The fourth-order valence-electron chi connectivity index (χ4n) is 4.01. The van der Waals surface area contributed by atoms with Crippen LogP contribution in [-0.2, 0) is 9.59 Å². The zero-order valence-electron chi connectivity index (χ0n) is 18.3. The summed E-state index contributed by atoms with van der Waals surface area (Å²) in [5.74, 6) is 0.0509. The highest BCUT2D eigenvalue weighted by atomic mass is 35.5. The summed E-state index contributed by atoms with van der Waals surface area (Å²) in [7, 11) is 0. The molecule has 3 amide bonds. The van der Waals surface area contributed by atoms with Crippen LogP contribution in [0.25, 0.3) is 0 Å². The Bertz CT molecular complexity index is 1020. The van der Waals surface area contributed by atoms with E-state index < -0.39 is 6.04 Å². The van der Waals surface area contributed by atoms with Crippen LogP contribution in [0.1, 0.15) is 23.2 Å². The predicted octanol–water partition coefficient (Wildman–Crippen LogP) is 2.39. The number of benzene rings is 2. The van der Waals surface area contributed by atoms with Crippen molar-refractivity contribution >= 4 is 35.0 Å². The molecule has 0 bridgehead atoms. The molecule has 0 aliphatic carbocycles. The number of anilines is 1. The van der Waals surface area contributed by atoms with Crippen LogP contribution in [0.4, 0.5) is 5.69 Å². The average Bonchev–Trinajstić information content (AvgIpc) is 2.95. The van der Waals surface area contributed by atoms with Gasteiger partial charge in [-0.15, -0.1) is 0 Å². The fraction of sp³-hybridized carbons (Fsp3) is 0.375. The van der Waals surface area contributed by atoms with Crippen LogP contribution < -0.4 is 15.4 Å². The summed E-state index contributed by atoms with van der Waals surface area (Å²) in [6.07, 6.45) is 0.459. The van der Waals surface area contributed by atoms with Crippen molar-refractivity contribution in [2.75, 3.05) is 44.6 Å². The first-order valence-electron chi connectivity index (χ1n) is 11.1. The maximum Gasteiger partial charge on any atom is 0.254 e. The first kappa shape index (κ1) is 23.1. The summed E-state index contributed by atoms with van der Waals surface area (Å²) >= 11 is 6.10. The van der Waals surface area contributed by atoms with E-state index >= 15 is 0 Å². The number of carbonyl (C=O) groups excluding carboxylic acids is 3. The predicted molar refractivity (Wildman–Crippen MR) is 126 cm³/mol. The molecule has 33 heavy (non-hydrogen) atoms. The maximum atomic E-state index is 12.7. The van der Waals surface area contributed by atoms with Crippen molar-refractivity contribution in [2.24, 2.45) is 0 Å². The molecule has 0 radical (unpaired) electrons. The molecule has 1 atom stereocenters. The Morgan fingerprint density at radius 1 is 1.03 bits per heavy atom. The van der Waals surface area contributed by atoms with Crippen LogP contribution in [0.5, 0.6) is 5.75 Å². The lowest BCUT2D eigenvalue weighted by molar-refractivity contribution is -0.133. The number of hydrogen-bond acceptors (Lipinski definition) is 5. The maximum absolute atomic E-state index is 12.7. The van der Waals surface area contributed by atoms with Crippen LogP contribution >= 0.6 is 11.6 Å². The quantitative estimate of drug-likeness (QED) is 0.648. The molecule has 1 saturated heterocycles. The molecule has 2 aliphatic heterocycles. The number of fused-ring (bicyclic) bond motifs is 1. The van der Waals surface area contributed by atoms with Crippen molar-refractivity contribution in [1.82, 2.24) is 15.1 Å². The van der Waals surface area contributed by atoms with Crippen molar-refractivity contribution in [2.45, 2.75) is 18.9 Å². The van der Waals surface area contributed by atoms with Crippen molar-refractivity contribution in [1.29, 1.82) is 0 Å². The van der Waals surface area contributed by atoms with E-state index in [-0.39, 0.29) is 30.6 Å². The van der Waals surface area contributed by atoms with E-state index in [2.05, 4.69) is 15.5 Å². The normalized spacial score (nSPS) is 18.7. The molecular weight excluding hydrogens is 444 g/mol.